The van der Waals surface area contributed by atoms with Gasteiger partial charge < -0.3 is 4.74 Å². The lowest BCUT2D eigenvalue weighted by atomic mass is 10.1. The van der Waals surface area contributed by atoms with Gasteiger partial charge in [-0.2, -0.15) is 5.26 Å². The largest absolute Gasteiger partial charge is 0.470 e. The van der Waals surface area contributed by atoms with Gasteiger partial charge in [-0.1, -0.05) is 13.0 Å². The summed E-state index contributed by atoms with van der Waals surface area (Å²) in [6, 6.07) is 6.67. The number of nitrogens with zero attached hydrogens (tertiary/aromatic N) is 1. The average molecular weight is 207 g/mol. The Bertz CT molecular complexity index is 393. The molecule has 0 aliphatic rings. The summed E-state index contributed by atoms with van der Waals surface area (Å²) < 4.78 is 18.6. The summed E-state index contributed by atoms with van der Waals surface area (Å²) in [7, 11) is 0. The van der Waals surface area contributed by atoms with Crippen LogP contribution in [0.25, 0.3) is 0 Å². The minimum absolute atomic E-state index is 0.140. The van der Waals surface area contributed by atoms with E-state index in [4.69, 9.17) is 10.00 Å². The first kappa shape index (κ1) is 11.5. The first-order valence-corrected chi connectivity index (χ1v) is 4.87. The van der Waals surface area contributed by atoms with Crippen LogP contribution in [0.2, 0.25) is 0 Å². The fourth-order valence-corrected chi connectivity index (χ4v) is 1.14. The van der Waals surface area contributed by atoms with E-state index in [1.165, 1.54) is 6.07 Å². The Morgan fingerprint density at radius 2 is 2.13 bits per heavy atom. The van der Waals surface area contributed by atoms with Crippen LogP contribution >= 0.6 is 0 Å². The molecule has 1 rings (SSSR count). The summed E-state index contributed by atoms with van der Waals surface area (Å²) in [5.74, 6) is -0.295. The highest BCUT2D eigenvalue weighted by atomic mass is 19.1. The van der Waals surface area contributed by atoms with Gasteiger partial charge in [-0.25, -0.2) is 4.39 Å². The van der Waals surface area contributed by atoms with Crippen LogP contribution in [0.3, 0.4) is 0 Å². The Morgan fingerprint density at radius 1 is 1.47 bits per heavy atom. The fraction of sp³-hybridized carbons (Fsp3) is 0.417. The molecule has 1 aromatic rings. The number of hydrogen-bond donors (Lipinski definition) is 0. The van der Waals surface area contributed by atoms with Crippen LogP contribution in [0.5, 0.6) is 5.75 Å². The van der Waals surface area contributed by atoms with E-state index < -0.39 is 11.4 Å². The van der Waals surface area contributed by atoms with Crippen molar-refractivity contribution in [3.05, 3.63) is 29.6 Å². The van der Waals surface area contributed by atoms with Crippen molar-refractivity contribution in [1.29, 1.82) is 5.26 Å². The monoisotopic (exact) mass is 207 g/mol. The van der Waals surface area contributed by atoms with Gasteiger partial charge in [0.05, 0.1) is 0 Å². The molecular formula is C12H14FNO. The third-order valence-corrected chi connectivity index (χ3v) is 2.04. The normalized spacial score (nSPS) is 10.9. The average Bonchev–Trinajstić information content (AvgIpc) is 2.21. The Kier molecular flexibility index (Phi) is 3.31. The lowest BCUT2D eigenvalue weighted by molar-refractivity contribution is 0.162. The highest BCUT2D eigenvalue weighted by Crippen LogP contribution is 2.23. The maximum atomic E-state index is 13.3. The Hall–Kier alpha value is -1.56. The molecule has 0 amide bonds. The predicted octanol–water partition coefficient (Wildman–Crippen LogP) is 3.07. The SMILES string of the molecule is CCc1ccc(F)c(OC(C)(C)C#N)c1. The molecule has 0 unspecified atom stereocenters. The van der Waals surface area contributed by atoms with E-state index >= 15 is 0 Å². The number of benzene rings is 1. The number of nitriles is 1. The number of rotatable bonds is 3. The van der Waals surface area contributed by atoms with Crippen LogP contribution in [0, 0.1) is 17.1 Å². The number of halogens is 1. The predicted molar refractivity (Wildman–Crippen MR) is 56.1 cm³/mol. The third kappa shape index (κ3) is 2.95. The molecule has 0 aliphatic heterocycles. The summed E-state index contributed by atoms with van der Waals surface area (Å²) in [5, 5.41) is 8.78. The fourth-order valence-electron chi connectivity index (χ4n) is 1.14. The molecular weight excluding hydrogens is 193 g/mol. The van der Waals surface area contributed by atoms with Crippen molar-refractivity contribution in [1.82, 2.24) is 0 Å². The topological polar surface area (TPSA) is 33.0 Å². The van der Waals surface area contributed by atoms with E-state index in [-0.39, 0.29) is 5.75 Å². The molecule has 2 nitrogen and oxygen atoms in total. The van der Waals surface area contributed by atoms with Gasteiger partial charge in [0.25, 0.3) is 0 Å². The molecule has 80 valence electrons. The summed E-state index contributed by atoms with van der Waals surface area (Å²) in [6.07, 6.45) is 0.809. The highest BCUT2D eigenvalue weighted by Gasteiger charge is 2.20. The molecule has 15 heavy (non-hydrogen) atoms. The second-order valence-corrected chi connectivity index (χ2v) is 3.84. The maximum absolute atomic E-state index is 13.3. The molecule has 0 fully saturated rings. The van der Waals surface area contributed by atoms with Gasteiger partial charge in [0.1, 0.15) is 6.07 Å². The quantitative estimate of drug-likeness (QED) is 0.763. The minimum Gasteiger partial charge on any atom is -0.470 e. The molecule has 0 spiro atoms. The molecule has 0 radical (unpaired) electrons. The van der Waals surface area contributed by atoms with Crippen molar-refractivity contribution in [2.45, 2.75) is 32.8 Å². The van der Waals surface area contributed by atoms with Crippen molar-refractivity contribution in [2.24, 2.45) is 0 Å². The van der Waals surface area contributed by atoms with E-state index in [9.17, 15) is 4.39 Å². The Labute approximate surface area is 89.3 Å². The highest BCUT2D eigenvalue weighted by molar-refractivity contribution is 5.31. The molecule has 3 heteroatoms. The van der Waals surface area contributed by atoms with Gasteiger partial charge in [0.15, 0.2) is 17.2 Å². The van der Waals surface area contributed by atoms with Crippen molar-refractivity contribution >= 4 is 0 Å². The van der Waals surface area contributed by atoms with Crippen molar-refractivity contribution < 1.29 is 9.13 Å². The lowest BCUT2D eigenvalue weighted by Gasteiger charge is -2.19. The smallest absolute Gasteiger partial charge is 0.188 e. The summed E-state index contributed by atoms with van der Waals surface area (Å²) in [5.41, 5.74) is -0.0205. The van der Waals surface area contributed by atoms with Gasteiger partial charge in [0.2, 0.25) is 0 Å². The molecule has 1 aromatic carbocycles. The van der Waals surface area contributed by atoms with E-state index in [2.05, 4.69) is 0 Å². The maximum Gasteiger partial charge on any atom is 0.188 e. The third-order valence-electron chi connectivity index (χ3n) is 2.04. The van der Waals surface area contributed by atoms with Crippen LogP contribution in [-0.2, 0) is 6.42 Å². The Balaban J connectivity index is 2.99. The molecule has 0 N–H and O–H groups in total. The second kappa shape index (κ2) is 4.31. The van der Waals surface area contributed by atoms with E-state index in [1.807, 2.05) is 13.0 Å². The lowest BCUT2D eigenvalue weighted by Crippen LogP contribution is -2.26. The zero-order valence-electron chi connectivity index (χ0n) is 9.17. The van der Waals surface area contributed by atoms with E-state index in [0.29, 0.717) is 0 Å². The molecule has 0 aromatic heterocycles. The van der Waals surface area contributed by atoms with Crippen molar-refractivity contribution in [2.75, 3.05) is 0 Å². The Morgan fingerprint density at radius 3 is 2.67 bits per heavy atom. The van der Waals surface area contributed by atoms with Crippen LogP contribution in [0.1, 0.15) is 26.3 Å². The van der Waals surface area contributed by atoms with Gasteiger partial charge in [-0.3, -0.25) is 0 Å². The summed E-state index contributed by atoms with van der Waals surface area (Å²) >= 11 is 0. The number of hydrogen-bond acceptors (Lipinski definition) is 2. The van der Waals surface area contributed by atoms with Crippen molar-refractivity contribution in [3.8, 4) is 11.8 Å². The van der Waals surface area contributed by atoms with Crippen LogP contribution < -0.4 is 4.74 Å². The molecule has 0 saturated carbocycles. The van der Waals surface area contributed by atoms with Crippen molar-refractivity contribution in [3.63, 3.8) is 0 Å². The zero-order chi connectivity index (χ0) is 11.5. The second-order valence-electron chi connectivity index (χ2n) is 3.84. The zero-order valence-corrected chi connectivity index (χ0v) is 9.17. The van der Waals surface area contributed by atoms with Gasteiger partial charge in [-0.15, -0.1) is 0 Å². The molecule has 0 heterocycles. The molecule has 0 bridgehead atoms. The standard InChI is InChI=1S/C12H14FNO/c1-4-9-5-6-10(13)11(7-9)15-12(2,3)8-14/h5-7H,4H2,1-3H3. The van der Waals surface area contributed by atoms with E-state index in [0.717, 1.165) is 12.0 Å². The molecule has 0 saturated heterocycles. The van der Waals surface area contributed by atoms with Crippen LogP contribution in [0.15, 0.2) is 18.2 Å². The first-order valence-electron chi connectivity index (χ1n) is 4.87. The van der Waals surface area contributed by atoms with Crippen LogP contribution in [0.4, 0.5) is 4.39 Å². The summed E-state index contributed by atoms with van der Waals surface area (Å²) in [4.78, 5) is 0. The molecule has 0 aliphatic carbocycles. The van der Waals surface area contributed by atoms with Gasteiger partial charge in [0, 0.05) is 0 Å². The van der Waals surface area contributed by atoms with Gasteiger partial charge >= 0.3 is 0 Å². The minimum atomic E-state index is -1.01. The summed E-state index contributed by atoms with van der Waals surface area (Å²) in [6.45, 7) is 5.18. The number of ether oxygens (including phenoxy) is 1. The number of aryl methyl sites for hydroxylation is 1. The first-order chi connectivity index (χ1) is 6.98. The van der Waals surface area contributed by atoms with E-state index in [1.54, 1.807) is 26.0 Å². The molecule has 0 atom stereocenters. The van der Waals surface area contributed by atoms with Gasteiger partial charge in [-0.05, 0) is 38.0 Å². The van der Waals surface area contributed by atoms with Crippen LogP contribution in [-0.4, -0.2) is 5.60 Å².